The van der Waals surface area contributed by atoms with Crippen LogP contribution in [0.2, 0.25) is 5.02 Å². The summed E-state index contributed by atoms with van der Waals surface area (Å²) < 4.78 is 3.27. The van der Waals surface area contributed by atoms with E-state index in [2.05, 4.69) is 0 Å². The van der Waals surface area contributed by atoms with Gasteiger partial charge >= 0.3 is 5.97 Å². The Kier molecular flexibility index (Phi) is 4.35. The lowest BCUT2D eigenvalue weighted by molar-refractivity contribution is 0.0368. The van der Waals surface area contributed by atoms with E-state index < -0.39 is 10.5 Å². The van der Waals surface area contributed by atoms with Gasteiger partial charge in [0.1, 0.15) is 0 Å². The normalized spacial score (nSPS) is 11.1. The second-order valence-electron chi connectivity index (χ2n) is 3.75. The van der Waals surface area contributed by atoms with Gasteiger partial charge in [0.15, 0.2) is 0 Å². The van der Waals surface area contributed by atoms with Crippen LogP contribution in [-0.4, -0.2) is 5.97 Å². The van der Waals surface area contributed by atoms with Gasteiger partial charge in [-0.3, -0.25) is 0 Å². The molecule has 2 aromatic rings. The standard InChI is InChI=1S/C14H9Cl3O2/c15-12-9-5-4-8-11(12)14(16,17)19-13(18)10-6-2-1-3-7-10/h1-9H. The van der Waals surface area contributed by atoms with Crippen molar-refractivity contribution in [3.63, 3.8) is 0 Å². The summed E-state index contributed by atoms with van der Waals surface area (Å²) in [5.41, 5.74) is 0.685. The largest absolute Gasteiger partial charge is 0.421 e. The molecule has 98 valence electrons. The zero-order valence-corrected chi connectivity index (χ0v) is 11.9. The molecule has 0 atom stereocenters. The Morgan fingerprint density at radius 1 is 0.947 bits per heavy atom. The van der Waals surface area contributed by atoms with Crippen LogP contribution in [0.15, 0.2) is 54.6 Å². The Labute approximate surface area is 125 Å². The molecule has 0 saturated heterocycles. The molecule has 0 unspecified atom stereocenters. The lowest BCUT2D eigenvalue weighted by atomic mass is 10.2. The number of carbonyl (C=O) groups is 1. The first-order valence-electron chi connectivity index (χ1n) is 5.42. The van der Waals surface area contributed by atoms with E-state index in [0.29, 0.717) is 16.1 Å². The molecule has 0 N–H and O–H groups in total. The molecule has 0 aliphatic carbocycles. The molecule has 2 rings (SSSR count). The molecule has 0 radical (unpaired) electrons. The molecule has 0 bridgehead atoms. The van der Waals surface area contributed by atoms with Crippen molar-refractivity contribution in [1.29, 1.82) is 0 Å². The minimum atomic E-state index is -1.83. The van der Waals surface area contributed by atoms with Crippen LogP contribution in [0, 0.1) is 0 Å². The maximum atomic E-state index is 11.9. The Balaban J connectivity index is 2.23. The van der Waals surface area contributed by atoms with E-state index in [4.69, 9.17) is 39.5 Å². The van der Waals surface area contributed by atoms with Crippen molar-refractivity contribution in [3.05, 3.63) is 70.7 Å². The van der Waals surface area contributed by atoms with Crippen molar-refractivity contribution < 1.29 is 9.53 Å². The fourth-order valence-electron chi connectivity index (χ4n) is 1.50. The van der Waals surface area contributed by atoms with E-state index in [1.165, 1.54) is 0 Å². The monoisotopic (exact) mass is 314 g/mol. The van der Waals surface area contributed by atoms with Gasteiger partial charge in [-0.05, 0) is 18.2 Å². The van der Waals surface area contributed by atoms with Gasteiger partial charge in [0, 0.05) is 5.56 Å². The van der Waals surface area contributed by atoms with Gasteiger partial charge in [-0.15, -0.1) is 0 Å². The molecule has 2 aromatic carbocycles. The van der Waals surface area contributed by atoms with Crippen LogP contribution >= 0.6 is 34.8 Å². The summed E-state index contributed by atoms with van der Waals surface area (Å²) in [5, 5.41) is 0.327. The number of carbonyl (C=O) groups excluding carboxylic acids is 1. The average molecular weight is 316 g/mol. The molecule has 0 fully saturated rings. The van der Waals surface area contributed by atoms with Crippen molar-refractivity contribution in [2.75, 3.05) is 0 Å². The highest BCUT2D eigenvalue weighted by molar-refractivity contribution is 6.48. The van der Waals surface area contributed by atoms with Crippen molar-refractivity contribution in [2.24, 2.45) is 0 Å². The number of rotatable bonds is 3. The van der Waals surface area contributed by atoms with Crippen LogP contribution in [0.3, 0.4) is 0 Å². The molecule has 19 heavy (non-hydrogen) atoms. The van der Waals surface area contributed by atoms with E-state index in [1.54, 1.807) is 54.6 Å². The Bertz CT molecular complexity index is 582. The van der Waals surface area contributed by atoms with E-state index in [1.807, 2.05) is 0 Å². The topological polar surface area (TPSA) is 26.3 Å². The molecule has 0 heterocycles. The van der Waals surface area contributed by atoms with Gasteiger partial charge in [-0.1, -0.05) is 71.2 Å². The average Bonchev–Trinajstić information content (AvgIpc) is 2.39. The lowest BCUT2D eigenvalue weighted by Gasteiger charge is -2.21. The van der Waals surface area contributed by atoms with E-state index in [0.717, 1.165) is 0 Å². The van der Waals surface area contributed by atoms with Crippen LogP contribution in [-0.2, 0) is 9.26 Å². The molecule has 0 amide bonds. The Hall–Kier alpha value is -1.22. The number of hydrogen-bond acceptors (Lipinski definition) is 2. The summed E-state index contributed by atoms with van der Waals surface area (Å²) in [6.07, 6.45) is 0. The highest BCUT2D eigenvalue weighted by Crippen LogP contribution is 2.39. The van der Waals surface area contributed by atoms with Crippen LogP contribution in [0.25, 0.3) is 0 Å². The third-order valence-corrected chi connectivity index (χ3v) is 3.31. The van der Waals surface area contributed by atoms with Crippen molar-refractivity contribution in [3.8, 4) is 0 Å². The number of esters is 1. The predicted molar refractivity (Wildman–Crippen MR) is 76.7 cm³/mol. The number of ether oxygens (including phenoxy) is 1. The second-order valence-corrected chi connectivity index (χ2v) is 5.42. The first-order chi connectivity index (χ1) is 9.00. The highest BCUT2D eigenvalue weighted by atomic mass is 35.5. The maximum absolute atomic E-state index is 11.9. The third kappa shape index (κ3) is 3.41. The molecule has 0 spiro atoms. The molecule has 0 aromatic heterocycles. The van der Waals surface area contributed by atoms with E-state index >= 15 is 0 Å². The molecule has 0 aliphatic heterocycles. The minimum absolute atomic E-state index is 0.323. The van der Waals surface area contributed by atoms with E-state index in [-0.39, 0.29) is 0 Å². The van der Waals surface area contributed by atoms with Crippen LogP contribution in [0.1, 0.15) is 15.9 Å². The highest BCUT2D eigenvalue weighted by Gasteiger charge is 2.33. The fraction of sp³-hybridized carbons (Fsp3) is 0.0714. The van der Waals surface area contributed by atoms with E-state index in [9.17, 15) is 4.79 Å². The van der Waals surface area contributed by atoms with Gasteiger partial charge in [0.25, 0.3) is 4.52 Å². The summed E-state index contributed by atoms with van der Waals surface area (Å²) in [5.74, 6) is -0.620. The zero-order valence-electron chi connectivity index (χ0n) is 9.65. The first-order valence-corrected chi connectivity index (χ1v) is 6.55. The van der Waals surface area contributed by atoms with Crippen LogP contribution in [0.4, 0.5) is 0 Å². The lowest BCUT2D eigenvalue weighted by Crippen LogP contribution is -2.21. The first kappa shape index (κ1) is 14.2. The SMILES string of the molecule is O=C(OC(Cl)(Cl)c1ccccc1Cl)c1ccccc1. The summed E-state index contributed by atoms with van der Waals surface area (Å²) >= 11 is 18.1. The number of benzene rings is 2. The predicted octanol–water partition coefficient (Wildman–Crippen LogP) is 4.78. The van der Waals surface area contributed by atoms with Gasteiger partial charge < -0.3 is 4.74 Å². The third-order valence-electron chi connectivity index (χ3n) is 2.42. The fourth-order valence-corrected chi connectivity index (χ4v) is 2.34. The Morgan fingerprint density at radius 3 is 2.16 bits per heavy atom. The summed E-state index contributed by atoms with van der Waals surface area (Å²) in [7, 11) is 0. The molecule has 0 aliphatic rings. The second kappa shape index (κ2) is 5.83. The molecular formula is C14H9Cl3O2. The minimum Gasteiger partial charge on any atom is -0.421 e. The number of alkyl halides is 2. The van der Waals surface area contributed by atoms with Crippen LogP contribution in [0.5, 0.6) is 0 Å². The summed E-state index contributed by atoms with van der Waals surface area (Å²) in [4.78, 5) is 11.9. The van der Waals surface area contributed by atoms with Gasteiger partial charge in [0.2, 0.25) is 0 Å². The summed E-state index contributed by atoms with van der Waals surface area (Å²) in [6.45, 7) is 0. The summed E-state index contributed by atoms with van der Waals surface area (Å²) in [6, 6.07) is 15.1. The van der Waals surface area contributed by atoms with Crippen molar-refractivity contribution in [2.45, 2.75) is 4.52 Å². The van der Waals surface area contributed by atoms with Gasteiger partial charge in [0.05, 0.1) is 10.6 Å². The molecule has 5 heteroatoms. The van der Waals surface area contributed by atoms with Crippen molar-refractivity contribution in [1.82, 2.24) is 0 Å². The smallest absolute Gasteiger partial charge is 0.341 e. The Morgan fingerprint density at radius 2 is 1.53 bits per heavy atom. The molecule has 0 saturated carbocycles. The van der Waals surface area contributed by atoms with Gasteiger partial charge in [-0.25, -0.2) is 4.79 Å². The molecule has 2 nitrogen and oxygen atoms in total. The zero-order chi connectivity index (χ0) is 13.9. The van der Waals surface area contributed by atoms with Gasteiger partial charge in [-0.2, -0.15) is 0 Å². The van der Waals surface area contributed by atoms with Crippen molar-refractivity contribution >= 4 is 40.8 Å². The van der Waals surface area contributed by atoms with Crippen LogP contribution < -0.4 is 0 Å². The molecular weight excluding hydrogens is 307 g/mol. The quantitative estimate of drug-likeness (QED) is 0.601. The maximum Gasteiger partial charge on any atom is 0.341 e. The number of halogens is 3. The number of hydrogen-bond donors (Lipinski definition) is 0.